The van der Waals surface area contributed by atoms with Crippen molar-refractivity contribution in [2.45, 2.75) is 50.7 Å². The Kier molecular flexibility index (Phi) is 4.61. The van der Waals surface area contributed by atoms with Crippen LogP contribution in [0.1, 0.15) is 38.5 Å². The van der Waals surface area contributed by atoms with Gasteiger partial charge < -0.3 is 19.7 Å². The van der Waals surface area contributed by atoms with Crippen molar-refractivity contribution < 1.29 is 14.3 Å². The van der Waals surface area contributed by atoms with E-state index in [9.17, 15) is 9.90 Å². The number of hydrogen-bond acceptors (Lipinski definition) is 5. The lowest BCUT2D eigenvalue weighted by atomic mass is 9.90. The molecule has 0 spiro atoms. The van der Waals surface area contributed by atoms with Crippen molar-refractivity contribution in [1.29, 1.82) is 0 Å². The average molecular weight is 343 g/mol. The van der Waals surface area contributed by atoms with Crippen LogP contribution in [0.3, 0.4) is 0 Å². The minimum Gasteiger partial charge on any atom is -0.423 e. The van der Waals surface area contributed by atoms with Gasteiger partial charge >= 0.3 is 0 Å². The molecule has 2 heterocycles. The van der Waals surface area contributed by atoms with E-state index < -0.39 is 6.10 Å². The van der Waals surface area contributed by atoms with Crippen molar-refractivity contribution in [3.05, 3.63) is 24.3 Å². The number of fused-ring (bicyclic) bond motifs is 1. The molecule has 6 heteroatoms. The van der Waals surface area contributed by atoms with E-state index in [1.807, 2.05) is 24.3 Å². The first-order valence-electron chi connectivity index (χ1n) is 9.29. The van der Waals surface area contributed by atoms with Gasteiger partial charge in [-0.05, 0) is 37.8 Å². The maximum absolute atomic E-state index is 12.5. The highest BCUT2D eigenvalue weighted by atomic mass is 16.4. The predicted octanol–water partition coefficient (Wildman–Crippen LogP) is 2.46. The van der Waals surface area contributed by atoms with Crippen molar-refractivity contribution >= 4 is 23.0 Å². The maximum atomic E-state index is 12.5. The standard InChI is InChI=1S/C19H25N3O3/c23-16-7-3-1-5-14(16)20-18(24)13-9-11-22(12-10-13)19-21-15-6-2-4-8-17(15)25-19/h2,4,6,8,13-14,16,23H,1,3,5,7,9-12H2,(H,20,24). The van der Waals surface area contributed by atoms with E-state index in [1.54, 1.807) is 0 Å². The van der Waals surface area contributed by atoms with Crippen molar-refractivity contribution in [2.75, 3.05) is 18.0 Å². The van der Waals surface area contributed by atoms with Crippen LogP contribution in [0.25, 0.3) is 11.1 Å². The van der Waals surface area contributed by atoms with Gasteiger partial charge in [-0.1, -0.05) is 25.0 Å². The van der Waals surface area contributed by atoms with Crippen LogP contribution in [0, 0.1) is 5.92 Å². The quantitative estimate of drug-likeness (QED) is 0.895. The highest BCUT2D eigenvalue weighted by Gasteiger charge is 2.30. The predicted molar refractivity (Wildman–Crippen MR) is 95.4 cm³/mol. The molecule has 0 bridgehead atoms. The molecule has 0 radical (unpaired) electrons. The lowest BCUT2D eigenvalue weighted by molar-refractivity contribution is -0.127. The average Bonchev–Trinajstić information content (AvgIpc) is 3.08. The first kappa shape index (κ1) is 16.4. The van der Waals surface area contributed by atoms with Crippen molar-refractivity contribution in [3.8, 4) is 0 Å². The van der Waals surface area contributed by atoms with Gasteiger partial charge in [0.15, 0.2) is 5.58 Å². The SMILES string of the molecule is O=C(NC1CCCCC1O)C1CCN(c2nc3ccccc3o2)CC1. The summed E-state index contributed by atoms with van der Waals surface area (Å²) in [6, 6.07) is 8.32. The van der Waals surface area contributed by atoms with Crippen molar-refractivity contribution in [2.24, 2.45) is 5.92 Å². The molecule has 2 atom stereocenters. The number of piperidine rings is 1. The van der Waals surface area contributed by atoms with Gasteiger partial charge in [-0.3, -0.25) is 4.79 Å². The van der Waals surface area contributed by atoms with Gasteiger partial charge in [0.05, 0.1) is 12.1 Å². The maximum Gasteiger partial charge on any atom is 0.298 e. The molecule has 2 aromatic rings. The number of hydrogen-bond donors (Lipinski definition) is 2. The number of oxazole rings is 1. The number of carbonyl (C=O) groups is 1. The molecule has 2 N–H and O–H groups in total. The normalized spacial score (nSPS) is 25.2. The van der Waals surface area contributed by atoms with Crippen LogP contribution in [0.4, 0.5) is 6.01 Å². The van der Waals surface area contributed by atoms with Gasteiger partial charge in [0.1, 0.15) is 5.52 Å². The number of rotatable bonds is 3. The summed E-state index contributed by atoms with van der Waals surface area (Å²) in [6.45, 7) is 1.52. The van der Waals surface area contributed by atoms with Gasteiger partial charge in [0.2, 0.25) is 5.91 Å². The molecule has 1 saturated carbocycles. The molecule has 2 fully saturated rings. The number of nitrogens with zero attached hydrogens (tertiary/aromatic N) is 2. The number of para-hydroxylation sites is 2. The van der Waals surface area contributed by atoms with Crippen molar-refractivity contribution in [1.82, 2.24) is 10.3 Å². The fourth-order valence-electron chi connectivity index (χ4n) is 3.91. The Labute approximate surface area is 147 Å². The van der Waals surface area contributed by atoms with E-state index in [0.717, 1.165) is 62.7 Å². The lowest BCUT2D eigenvalue weighted by Gasteiger charge is -2.33. The fraction of sp³-hybridized carbons (Fsp3) is 0.579. The van der Waals surface area contributed by atoms with E-state index in [0.29, 0.717) is 6.01 Å². The summed E-state index contributed by atoms with van der Waals surface area (Å²) in [5.41, 5.74) is 1.66. The fourth-order valence-corrected chi connectivity index (χ4v) is 3.91. The number of anilines is 1. The number of nitrogens with one attached hydrogen (secondary N) is 1. The third kappa shape index (κ3) is 3.49. The number of carbonyl (C=O) groups excluding carboxylic acids is 1. The Balaban J connectivity index is 1.33. The Morgan fingerprint density at radius 2 is 1.92 bits per heavy atom. The molecule has 1 saturated heterocycles. The third-order valence-electron chi connectivity index (χ3n) is 5.48. The summed E-state index contributed by atoms with van der Waals surface area (Å²) in [5, 5.41) is 13.1. The van der Waals surface area contributed by atoms with Crippen LogP contribution < -0.4 is 10.2 Å². The van der Waals surface area contributed by atoms with Gasteiger partial charge in [-0.25, -0.2) is 0 Å². The highest BCUT2D eigenvalue weighted by molar-refractivity contribution is 5.79. The molecule has 1 aliphatic carbocycles. The number of amides is 1. The number of aliphatic hydroxyl groups excluding tert-OH is 1. The molecule has 1 amide bonds. The Morgan fingerprint density at radius 3 is 2.68 bits per heavy atom. The Morgan fingerprint density at radius 1 is 1.16 bits per heavy atom. The summed E-state index contributed by atoms with van der Waals surface area (Å²) >= 11 is 0. The van der Waals surface area contributed by atoms with Crippen LogP contribution in [0.15, 0.2) is 28.7 Å². The highest BCUT2D eigenvalue weighted by Crippen LogP contribution is 2.27. The number of benzene rings is 1. The smallest absolute Gasteiger partial charge is 0.298 e. The zero-order chi connectivity index (χ0) is 17.2. The topological polar surface area (TPSA) is 78.6 Å². The van der Waals surface area contributed by atoms with Crippen molar-refractivity contribution in [3.63, 3.8) is 0 Å². The minimum atomic E-state index is -0.391. The minimum absolute atomic E-state index is 0.00903. The summed E-state index contributed by atoms with van der Waals surface area (Å²) in [6.07, 6.45) is 4.99. The second-order valence-corrected chi connectivity index (χ2v) is 7.19. The molecule has 1 aliphatic heterocycles. The van der Waals surface area contributed by atoms with Crippen LogP contribution in [-0.4, -0.2) is 41.2 Å². The zero-order valence-electron chi connectivity index (χ0n) is 14.4. The van der Waals surface area contributed by atoms with E-state index in [-0.39, 0.29) is 17.9 Å². The van der Waals surface area contributed by atoms with Gasteiger partial charge in [-0.2, -0.15) is 4.98 Å². The van der Waals surface area contributed by atoms with E-state index in [2.05, 4.69) is 15.2 Å². The van der Waals surface area contributed by atoms with Gasteiger partial charge in [0.25, 0.3) is 6.01 Å². The second kappa shape index (κ2) is 7.04. The Hall–Kier alpha value is -2.08. The lowest BCUT2D eigenvalue weighted by Crippen LogP contribution is -2.49. The molecule has 4 rings (SSSR count). The summed E-state index contributed by atoms with van der Waals surface area (Å²) in [5.74, 6) is 0.0953. The van der Waals surface area contributed by atoms with Gasteiger partial charge in [0, 0.05) is 19.0 Å². The van der Waals surface area contributed by atoms with E-state index >= 15 is 0 Å². The zero-order valence-corrected chi connectivity index (χ0v) is 14.4. The molecule has 2 unspecified atom stereocenters. The molecular weight excluding hydrogens is 318 g/mol. The Bertz CT molecular complexity index is 703. The largest absolute Gasteiger partial charge is 0.423 e. The number of aliphatic hydroxyl groups is 1. The summed E-state index contributed by atoms with van der Waals surface area (Å²) in [7, 11) is 0. The van der Waals surface area contributed by atoms with Crippen LogP contribution in [0.2, 0.25) is 0 Å². The molecule has 1 aromatic carbocycles. The third-order valence-corrected chi connectivity index (χ3v) is 5.48. The first-order chi connectivity index (χ1) is 12.2. The van der Waals surface area contributed by atoms with Crippen LogP contribution in [0.5, 0.6) is 0 Å². The summed E-state index contributed by atoms with van der Waals surface area (Å²) in [4.78, 5) is 19.2. The molecule has 1 aromatic heterocycles. The van der Waals surface area contributed by atoms with Gasteiger partial charge in [-0.15, -0.1) is 0 Å². The molecule has 25 heavy (non-hydrogen) atoms. The number of aromatic nitrogens is 1. The monoisotopic (exact) mass is 343 g/mol. The van der Waals surface area contributed by atoms with E-state index in [1.165, 1.54) is 0 Å². The molecule has 2 aliphatic rings. The second-order valence-electron chi connectivity index (χ2n) is 7.19. The van der Waals surface area contributed by atoms with E-state index in [4.69, 9.17) is 4.42 Å². The first-order valence-corrected chi connectivity index (χ1v) is 9.29. The molecule has 6 nitrogen and oxygen atoms in total. The summed E-state index contributed by atoms with van der Waals surface area (Å²) < 4.78 is 5.82. The molecular formula is C19H25N3O3. The van der Waals surface area contributed by atoms with Crippen LogP contribution >= 0.6 is 0 Å². The molecule has 134 valence electrons. The van der Waals surface area contributed by atoms with Crippen LogP contribution in [-0.2, 0) is 4.79 Å².